The van der Waals surface area contributed by atoms with E-state index < -0.39 is 0 Å². The van der Waals surface area contributed by atoms with Crippen molar-refractivity contribution in [1.29, 1.82) is 0 Å². The minimum atomic E-state index is 0.196. The Morgan fingerprint density at radius 3 is 2.42 bits per heavy atom. The molecule has 1 heterocycles. The molecular weight excluding hydrogens is 246 g/mol. The second-order valence-corrected chi connectivity index (χ2v) is 4.46. The maximum absolute atomic E-state index is 11.6. The number of hydrogen-bond donors (Lipinski definition) is 0. The second kappa shape index (κ2) is 9.95. The Labute approximate surface area is 115 Å². The average Bonchev–Trinajstić information content (AvgIpc) is 2.78. The van der Waals surface area contributed by atoms with Gasteiger partial charge in [0.1, 0.15) is 0 Å². The molecule has 0 saturated carbocycles. The summed E-state index contributed by atoms with van der Waals surface area (Å²) in [5.41, 5.74) is 0. The molecule has 0 aromatic heterocycles. The van der Waals surface area contributed by atoms with Crippen molar-refractivity contribution in [3.05, 3.63) is 12.7 Å². The Morgan fingerprint density at radius 1 is 1.21 bits per heavy atom. The number of carbonyl (C=O) groups is 1. The summed E-state index contributed by atoms with van der Waals surface area (Å²) in [5.74, 6) is 0.496. The van der Waals surface area contributed by atoms with Gasteiger partial charge in [0.05, 0.1) is 33.0 Å². The van der Waals surface area contributed by atoms with Gasteiger partial charge in [-0.05, 0) is 6.92 Å². The summed E-state index contributed by atoms with van der Waals surface area (Å²) >= 11 is 0. The zero-order chi connectivity index (χ0) is 13.9. The van der Waals surface area contributed by atoms with Gasteiger partial charge in [0.25, 0.3) is 0 Å². The van der Waals surface area contributed by atoms with Crippen LogP contribution in [0, 0.1) is 5.92 Å². The Bertz CT molecular complexity index is 270. The monoisotopic (exact) mass is 271 g/mol. The molecule has 0 aromatic rings. The highest BCUT2D eigenvalue weighted by Gasteiger charge is 2.26. The van der Waals surface area contributed by atoms with Gasteiger partial charge >= 0.3 is 0 Å². The van der Waals surface area contributed by atoms with Gasteiger partial charge in [-0.2, -0.15) is 0 Å². The van der Waals surface area contributed by atoms with Crippen molar-refractivity contribution in [2.75, 3.05) is 52.7 Å². The zero-order valence-corrected chi connectivity index (χ0v) is 11.8. The zero-order valence-electron chi connectivity index (χ0n) is 11.8. The summed E-state index contributed by atoms with van der Waals surface area (Å²) in [6.07, 6.45) is 2.44. The third-order valence-electron chi connectivity index (χ3n) is 3.03. The maximum atomic E-state index is 11.6. The quantitative estimate of drug-likeness (QED) is 0.417. The fraction of sp³-hybridized carbons (Fsp3) is 0.786. The van der Waals surface area contributed by atoms with Crippen molar-refractivity contribution in [2.24, 2.45) is 5.92 Å². The first-order chi connectivity index (χ1) is 9.27. The van der Waals surface area contributed by atoms with Gasteiger partial charge in [-0.15, -0.1) is 6.58 Å². The first-order valence-corrected chi connectivity index (χ1v) is 6.91. The van der Waals surface area contributed by atoms with Crippen LogP contribution in [-0.2, 0) is 19.0 Å². The molecule has 0 N–H and O–H groups in total. The van der Waals surface area contributed by atoms with E-state index in [-0.39, 0.29) is 5.91 Å². The Kier molecular flexibility index (Phi) is 8.45. The van der Waals surface area contributed by atoms with Gasteiger partial charge in [-0.1, -0.05) is 6.08 Å². The van der Waals surface area contributed by atoms with Crippen LogP contribution in [0.4, 0.5) is 0 Å². The van der Waals surface area contributed by atoms with E-state index in [2.05, 4.69) is 6.58 Å². The van der Waals surface area contributed by atoms with Crippen molar-refractivity contribution in [3.8, 4) is 0 Å². The molecule has 1 rings (SSSR count). The van der Waals surface area contributed by atoms with Crippen LogP contribution < -0.4 is 0 Å². The summed E-state index contributed by atoms with van der Waals surface area (Å²) < 4.78 is 15.9. The lowest BCUT2D eigenvalue weighted by Crippen LogP contribution is -2.29. The molecule has 0 aliphatic carbocycles. The van der Waals surface area contributed by atoms with E-state index in [0.29, 0.717) is 51.9 Å². The summed E-state index contributed by atoms with van der Waals surface area (Å²) in [6, 6.07) is 0. The van der Waals surface area contributed by atoms with E-state index in [1.54, 1.807) is 0 Å². The first-order valence-electron chi connectivity index (χ1n) is 6.91. The number of hydrogen-bond acceptors (Lipinski definition) is 4. The fourth-order valence-electron chi connectivity index (χ4n) is 1.94. The molecule has 1 saturated heterocycles. The molecule has 1 aliphatic heterocycles. The topological polar surface area (TPSA) is 48.0 Å². The van der Waals surface area contributed by atoms with Crippen LogP contribution in [0.25, 0.3) is 0 Å². The number of rotatable bonds is 11. The van der Waals surface area contributed by atoms with Gasteiger partial charge in [0.2, 0.25) is 5.91 Å². The van der Waals surface area contributed by atoms with Crippen molar-refractivity contribution in [3.63, 3.8) is 0 Å². The van der Waals surface area contributed by atoms with E-state index in [1.165, 1.54) is 0 Å². The molecule has 1 amide bonds. The number of carbonyl (C=O) groups excluding carboxylic acids is 1. The minimum Gasteiger partial charge on any atom is -0.379 e. The van der Waals surface area contributed by atoms with Crippen molar-refractivity contribution >= 4 is 5.91 Å². The standard InChI is InChI=1S/C14H25NO4/c1-3-13-11-14(16)15(12-13)5-6-18-9-10-19-8-7-17-4-2/h3,13H,1,4-12H2,2H3. The van der Waals surface area contributed by atoms with Gasteiger partial charge in [0.15, 0.2) is 0 Å². The molecule has 5 nitrogen and oxygen atoms in total. The highest BCUT2D eigenvalue weighted by molar-refractivity contribution is 5.78. The smallest absolute Gasteiger partial charge is 0.223 e. The van der Waals surface area contributed by atoms with Crippen molar-refractivity contribution in [2.45, 2.75) is 13.3 Å². The van der Waals surface area contributed by atoms with E-state index in [1.807, 2.05) is 17.9 Å². The van der Waals surface area contributed by atoms with E-state index in [0.717, 1.165) is 13.2 Å². The minimum absolute atomic E-state index is 0.196. The lowest BCUT2D eigenvalue weighted by atomic mass is 10.1. The molecule has 0 spiro atoms. The van der Waals surface area contributed by atoms with Crippen LogP contribution in [0.1, 0.15) is 13.3 Å². The predicted molar refractivity (Wildman–Crippen MR) is 73.0 cm³/mol. The van der Waals surface area contributed by atoms with Gasteiger partial charge < -0.3 is 19.1 Å². The maximum Gasteiger partial charge on any atom is 0.223 e. The Hall–Kier alpha value is -0.910. The van der Waals surface area contributed by atoms with E-state index in [9.17, 15) is 4.79 Å². The molecule has 1 aliphatic rings. The van der Waals surface area contributed by atoms with Crippen LogP contribution in [0.2, 0.25) is 0 Å². The molecule has 0 aromatic carbocycles. The largest absolute Gasteiger partial charge is 0.379 e. The predicted octanol–water partition coefficient (Wildman–Crippen LogP) is 1.09. The normalized spacial score (nSPS) is 19.1. The van der Waals surface area contributed by atoms with Crippen molar-refractivity contribution in [1.82, 2.24) is 4.90 Å². The summed E-state index contributed by atoms with van der Waals surface area (Å²) in [6.45, 7) is 10.7. The summed E-state index contributed by atoms with van der Waals surface area (Å²) in [7, 11) is 0. The second-order valence-electron chi connectivity index (χ2n) is 4.46. The summed E-state index contributed by atoms with van der Waals surface area (Å²) in [4.78, 5) is 13.4. The molecule has 1 fully saturated rings. The number of nitrogens with zero attached hydrogens (tertiary/aromatic N) is 1. The molecule has 0 bridgehead atoms. The number of ether oxygens (including phenoxy) is 3. The molecule has 0 radical (unpaired) electrons. The Morgan fingerprint density at radius 2 is 1.84 bits per heavy atom. The molecule has 1 unspecified atom stereocenters. The lowest BCUT2D eigenvalue weighted by Gasteiger charge is -2.15. The SMILES string of the molecule is C=CC1CC(=O)N(CCOCCOCCOCC)C1. The molecule has 5 heteroatoms. The highest BCUT2D eigenvalue weighted by atomic mass is 16.5. The highest BCUT2D eigenvalue weighted by Crippen LogP contribution is 2.17. The van der Waals surface area contributed by atoms with Crippen LogP contribution in [0.15, 0.2) is 12.7 Å². The number of amides is 1. The van der Waals surface area contributed by atoms with Crippen LogP contribution in [0.5, 0.6) is 0 Å². The van der Waals surface area contributed by atoms with Crippen molar-refractivity contribution < 1.29 is 19.0 Å². The van der Waals surface area contributed by atoms with Gasteiger partial charge in [-0.3, -0.25) is 4.79 Å². The molecule has 1 atom stereocenters. The van der Waals surface area contributed by atoms with Crippen LogP contribution in [-0.4, -0.2) is 63.5 Å². The first kappa shape index (κ1) is 16.1. The fourth-order valence-corrected chi connectivity index (χ4v) is 1.94. The third-order valence-corrected chi connectivity index (χ3v) is 3.03. The van der Waals surface area contributed by atoms with Crippen LogP contribution in [0.3, 0.4) is 0 Å². The van der Waals surface area contributed by atoms with Crippen LogP contribution >= 0.6 is 0 Å². The average molecular weight is 271 g/mol. The van der Waals surface area contributed by atoms with Gasteiger partial charge in [-0.25, -0.2) is 0 Å². The third kappa shape index (κ3) is 6.71. The lowest BCUT2D eigenvalue weighted by molar-refractivity contribution is -0.128. The Balaban J connectivity index is 1.91. The van der Waals surface area contributed by atoms with E-state index >= 15 is 0 Å². The number of likely N-dealkylation sites (tertiary alicyclic amines) is 1. The molecule has 19 heavy (non-hydrogen) atoms. The van der Waals surface area contributed by atoms with E-state index in [4.69, 9.17) is 14.2 Å². The molecular formula is C14H25NO4. The summed E-state index contributed by atoms with van der Waals surface area (Å²) in [5, 5.41) is 0. The molecule has 110 valence electrons. The van der Waals surface area contributed by atoms with Gasteiger partial charge in [0, 0.05) is 32.0 Å².